The number of rotatable bonds is 1. The van der Waals surface area contributed by atoms with Gasteiger partial charge in [-0.05, 0) is 62.6 Å². The molecule has 0 saturated carbocycles. The summed E-state index contributed by atoms with van der Waals surface area (Å²) in [6, 6.07) is 3.68. The minimum Gasteiger partial charge on any atom is -0.205 e. The average molecular weight is 329 g/mol. The highest BCUT2D eigenvalue weighted by atomic mass is 127. The molecule has 0 unspecified atom stereocenters. The van der Waals surface area contributed by atoms with Crippen LogP contribution in [0.25, 0.3) is 0 Å². The first-order valence-electron chi connectivity index (χ1n) is 3.28. The Balaban J connectivity index is 3.21. The smallest absolute Gasteiger partial charge is 0.150 e. The van der Waals surface area contributed by atoms with E-state index in [9.17, 15) is 4.39 Å². The van der Waals surface area contributed by atoms with E-state index in [0.717, 1.165) is 12.0 Å². The number of halogens is 3. The van der Waals surface area contributed by atoms with E-state index in [2.05, 4.69) is 22.9 Å². The van der Waals surface area contributed by atoms with Crippen molar-refractivity contribution in [2.45, 2.75) is 13.3 Å². The van der Waals surface area contributed by atoms with Gasteiger partial charge in [-0.15, -0.1) is 0 Å². The Morgan fingerprint density at radius 1 is 1.55 bits per heavy atom. The minimum atomic E-state index is -0.164. The van der Waals surface area contributed by atoms with Gasteiger partial charge in [-0.1, -0.05) is 6.92 Å². The lowest BCUT2D eigenvalue weighted by Crippen LogP contribution is -1.88. The molecular formula is C8H7BrFI. The third kappa shape index (κ3) is 2.15. The highest BCUT2D eigenvalue weighted by molar-refractivity contribution is 14.1. The quantitative estimate of drug-likeness (QED) is 0.544. The molecule has 0 saturated heterocycles. The van der Waals surface area contributed by atoms with E-state index in [-0.39, 0.29) is 5.82 Å². The molecule has 0 nitrogen and oxygen atoms in total. The second-order valence-corrected chi connectivity index (χ2v) is 4.24. The first-order chi connectivity index (χ1) is 5.15. The van der Waals surface area contributed by atoms with Crippen LogP contribution in [-0.4, -0.2) is 0 Å². The minimum absolute atomic E-state index is 0.164. The molecule has 60 valence electrons. The molecule has 0 aliphatic rings. The van der Waals surface area contributed by atoms with Gasteiger partial charge < -0.3 is 0 Å². The van der Waals surface area contributed by atoms with Crippen LogP contribution in [0.3, 0.4) is 0 Å². The molecule has 0 heterocycles. The summed E-state index contributed by atoms with van der Waals surface area (Å²) in [6.07, 6.45) is 0.939. The van der Waals surface area contributed by atoms with Crippen LogP contribution >= 0.6 is 38.5 Å². The van der Waals surface area contributed by atoms with Crippen molar-refractivity contribution in [3.63, 3.8) is 0 Å². The van der Waals surface area contributed by atoms with E-state index in [0.29, 0.717) is 8.04 Å². The fourth-order valence-electron chi connectivity index (χ4n) is 0.812. The summed E-state index contributed by atoms with van der Waals surface area (Å²) < 4.78 is 14.2. The number of hydrogen-bond donors (Lipinski definition) is 0. The molecule has 0 aromatic heterocycles. The molecule has 0 bridgehead atoms. The van der Waals surface area contributed by atoms with Crippen molar-refractivity contribution < 1.29 is 4.39 Å². The van der Waals surface area contributed by atoms with E-state index in [1.807, 2.05) is 34.7 Å². The van der Waals surface area contributed by atoms with Crippen molar-refractivity contribution in [3.05, 3.63) is 31.6 Å². The normalized spacial score (nSPS) is 10.2. The van der Waals surface area contributed by atoms with E-state index >= 15 is 0 Å². The maximum Gasteiger partial charge on any atom is 0.150 e. The van der Waals surface area contributed by atoms with Crippen LogP contribution < -0.4 is 0 Å². The monoisotopic (exact) mass is 328 g/mol. The van der Waals surface area contributed by atoms with Crippen LogP contribution in [0.2, 0.25) is 0 Å². The van der Waals surface area contributed by atoms with Crippen LogP contribution in [-0.2, 0) is 6.42 Å². The fraction of sp³-hybridized carbons (Fsp3) is 0.250. The van der Waals surface area contributed by atoms with E-state index in [1.54, 1.807) is 0 Å². The zero-order valence-electron chi connectivity index (χ0n) is 6.00. The Bertz CT molecular complexity index is 250. The molecule has 1 aromatic rings. The maximum absolute atomic E-state index is 13.0. The molecule has 1 aromatic carbocycles. The third-order valence-electron chi connectivity index (χ3n) is 1.45. The largest absolute Gasteiger partial charge is 0.205 e. The first kappa shape index (κ1) is 9.45. The van der Waals surface area contributed by atoms with Crippen molar-refractivity contribution in [1.29, 1.82) is 0 Å². The summed E-state index contributed by atoms with van der Waals surface area (Å²) in [5.41, 5.74) is 1.16. The zero-order valence-corrected chi connectivity index (χ0v) is 9.74. The number of benzene rings is 1. The van der Waals surface area contributed by atoms with Gasteiger partial charge in [0.05, 0.1) is 8.04 Å². The zero-order chi connectivity index (χ0) is 8.43. The SMILES string of the molecule is CCc1cc(Br)c(F)c(I)c1. The lowest BCUT2D eigenvalue weighted by molar-refractivity contribution is 0.612. The Kier molecular flexibility index (Phi) is 3.30. The van der Waals surface area contributed by atoms with Crippen molar-refractivity contribution >= 4 is 38.5 Å². The maximum atomic E-state index is 13.0. The number of aryl methyl sites for hydroxylation is 1. The van der Waals surface area contributed by atoms with Crippen molar-refractivity contribution in [1.82, 2.24) is 0 Å². The van der Waals surface area contributed by atoms with Crippen LogP contribution in [0.4, 0.5) is 4.39 Å². The van der Waals surface area contributed by atoms with Gasteiger partial charge in [0, 0.05) is 0 Å². The van der Waals surface area contributed by atoms with Gasteiger partial charge in [0.1, 0.15) is 0 Å². The Morgan fingerprint density at radius 2 is 2.18 bits per heavy atom. The second kappa shape index (κ2) is 3.85. The fourth-order valence-corrected chi connectivity index (χ4v) is 2.38. The molecule has 0 aliphatic heterocycles. The second-order valence-electron chi connectivity index (χ2n) is 2.23. The summed E-state index contributed by atoms with van der Waals surface area (Å²) in [5.74, 6) is -0.164. The topological polar surface area (TPSA) is 0 Å². The summed E-state index contributed by atoms with van der Waals surface area (Å²) in [6.45, 7) is 2.05. The molecule has 0 atom stereocenters. The molecule has 0 fully saturated rings. The van der Waals surface area contributed by atoms with Gasteiger partial charge >= 0.3 is 0 Å². The molecule has 0 N–H and O–H groups in total. The van der Waals surface area contributed by atoms with Gasteiger partial charge in [-0.3, -0.25) is 0 Å². The van der Waals surface area contributed by atoms with Crippen LogP contribution in [0, 0.1) is 9.39 Å². The van der Waals surface area contributed by atoms with Gasteiger partial charge in [-0.25, -0.2) is 4.39 Å². The summed E-state index contributed by atoms with van der Waals surface area (Å²) in [4.78, 5) is 0. The molecule has 1 rings (SSSR count). The highest BCUT2D eigenvalue weighted by Gasteiger charge is 2.04. The third-order valence-corrected chi connectivity index (χ3v) is 2.81. The molecule has 0 aliphatic carbocycles. The van der Waals surface area contributed by atoms with Crippen molar-refractivity contribution in [2.24, 2.45) is 0 Å². The molecule has 0 spiro atoms. The predicted molar refractivity (Wildman–Crippen MR) is 56.2 cm³/mol. The standard InChI is InChI=1S/C8H7BrFI/c1-2-5-3-6(9)8(10)7(11)4-5/h3-4H,2H2,1H3. The van der Waals surface area contributed by atoms with Gasteiger partial charge in [0.25, 0.3) is 0 Å². The Morgan fingerprint density at radius 3 is 2.64 bits per heavy atom. The molecule has 3 heteroatoms. The van der Waals surface area contributed by atoms with Crippen LogP contribution in [0.5, 0.6) is 0 Å². The summed E-state index contributed by atoms with van der Waals surface area (Å²) >= 11 is 5.15. The highest BCUT2D eigenvalue weighted by Crippen LogP contribution is 2.22. The van der Waals surface area contributed by atoms with Gasteiger partial charge in [0.2, 0.25) is 0 Å². The average Bonchev–Trinajstić information content (AvgIpc) is 1.99. The lowest BCUT2D eigenvalue weighted by atomic mass is 10.2. The van der Waals surface area contributed by atoms with Crippen molar-refractivity contribution in [3.8, 4) is 0 Å². The molecule has 0 amide bonds. The van der Waals surface area contributed by atoms with Crippen LogP contribution in [0.1, 0.15) is 12.5 Å². The molecule has 11 heavy (non-hydrogen) atoms. The van der Waals surface area contributed by atoms with E-state index in [4.69, 9.17) is 0 Å². The molecule has 0 radical (unpaired) electrons. The lowest BCUT2D eigenvalue weighted by Gasteiger charge is -2.01. The van der Waals surface area contributed by atoms with Crippen molar-refractivity contribution in [2.75, 3.05) is 0 Å². The van der Waals surface area contributed by atoms with E-state index < -0.39 is 0 Å². The Labute approximate surface area is 87.5 Å². The predicted octanol–water partition coefficient (Wildman–Crippen LogP) is 3.76. The summed E-state index contributed by atoms with van der Waals surface area (Å²) in [7, 11) is 0. The van der Waals surface area contributed by atoms with Gasteiger partial charge in [0.15, 0.2) is 5.82 Å². The van der Waals surface area contributed by atoms with E-state index in [1.165, 1.54) is 0 Å². The Hall–Kier alpha value is 0.360. The van der Waals surface area contributed by atoms with Crippen LogP contribution in [0.15, 0.2) is 16.6 Å². The van der Waals surface area contributed by atoms with Gasteiger partial charge in [-0.2, -0.15) is 0 Å². The summed E-state index contributed by atoms with van der Waals surface area (Å²) in [5, 5.41) is 0. The number of hydrogen-bond acceptors (Lipinski definition) is 0. The molecular weight excluding hydrogens is 322 g/mol. The first-order valence-corrected chi connectivity index (χ1v) is 5.15.